The van der Waals surface area contributed by atoms with Gasteiger partial charge in [-0.15, -0.1) is 0 Å². The van der Waals surface area contributed by atoms with Crippen LogP contribution in [0.1, 0.15) is 25.1 Å². The topological polar surface area (TPSA) is 109 Å². The van der Waals surface area contributed by atoms with E-state index in [0.29, 0.717) is 25.2 Å². The van der Waals surface area contributed by atoms with Crippen LogP contribution in [-0.4, -0.2) is 53.3 Å². The molecule has 3 N–H and O–H groups in total. The van der Waals surface area contributed by atoms with E-state index in [2.05, 4.69) is 4.98 Å². The van der Waals surface area contributed by atoms with E-state index in [1.807, 2.05) is 6.92 Å². The third-order valence-electron chi connectivity index (χ3n) is 3.76. The first-order chi connectivity index (χ1) is 10.5. The molecule has 1 unspecified atom stereocenters. The number of nitrogens with two attached hydrogens (primary N) is 1. The molecule has 1 aliphatic heterocycles. The fraction of sp³-hybridized carbons (Fsp3) is 0.714. The number of hydrogen-bond acceptors (Lipinski definition) is 7. The van der Waals surface area contributed by atoms with E-state index in [1.165, 1.54) is 4.57 Å². The molecule has 124 valence electrons. The quantitative estimate of drug-likeness (QED) is 0.702. The van der Waals surface area contributed by atoms with Crippen LogP contribution >= 0.6 is 0 Å². The van der Waals surface area contributed by atoms with Crippen LogP contribution in [0.3, 0.4) is 0 Å². The van der Waals surface area contributed by atoms with E-state index in [1.54, 1.807) is 20.2 Å². The van der Waals surface area contributed by atoms with E-state index in [-0.39, 0.29) is 5.82 Å². The number of hydrogen-bond donors (Lipinski definition) is 2. The SMILES string of the molecule is CC[C@H]1O[C@@H](n2cc(C)c(N)nc2=O)[C@@H](OCCOC)C1O. The Bertz CT molecular complexity index is 562. The average Bonchev–Trinajstić information content (AvgIpc) is 2.80. The van der Waals surface area contributed by atoms with E-state index in [9.17, 15) is 9.90 Å². The number of ether oxygens (including phenoxy) is 3. The number of aliphatic hydroxyl groups excluding tert-OH is 1. The smallest absolute Gasteiger partial charge is 0.351 e. The van der Waals surface area contributed by atoms with Crippen LogP contribution in [0.5, 0.6) is 0 Å². The molecular formula is C14H23N3O5. The zero-order valence-electron chi connectivity index (χ0n) is 13.1. The maximum Gasteiger partial charge on any atom is 0.351 e. The van der Waals surface area contributed by atoms with Crippen molar-refractivity contribution in [3.05, 3.63) is 22.2 Å². The molecule has 8 nitrogen and oxygen atoms in total. The molecule has 1 aliphatic rings. The number of rotatable bonds is 6. The Morgan fingerprint density at radius 1 is 1.50 bits per heavy atom. The summed E-state index contributed by atoms with van der Waals surface area (Å²) in [6.45, 7) is 4.34. The van der Waals surface area contributed by atoms with Gasteiger partial charge >= 0.3 is 5.69 Å². The molecule has 1 saturated heterocycles. The summed E-state index contributed by atoms with van der Waals surface area (Å²) in [6.07, 6.45) is -0.442. The molecule has 0 aliphatic carbocycles. The largest absolute Gasteiger partial charge is 0.388 e. The highest BCUT2D eigenvalue weighted by atomic mass is 16.6. The molecule has 4 atom stereocenters. The minimum Gasteiger partial charge on any atom is -0.388 e. The summed E-state index contributed by atoms with van der Waals surface area (Å²) < 4.78 is 17.7. The molecule has 0 spiro atoms. The van der Waals surface area contributed by atoms with Crippen molar-refractivity contribution < 1.29 is 19.3 Å². The minimum atomic E-state index is -0.823. The lowest BCUT2D eigenvalue weighted by molar-refractivity contribution is -0.0797. The summed E-state index contributed by atoms with van der Waals surface area (Å²) in [4.78, 5) is 15.9. The first kappa shape index (κ1) is 16.9. The van der Waals surface area contributed by atoms with Gasteiger partial charge in [-0.2, -0.15) is 4.98 Å². The van der Waals surface area contributed by atoms with Gasteiger partial charge in [0.25, 0.3) is 0 Å². The summed E-state index contributed by atoms with van der Waals surface area (Å²) >= 11 is 0. The van der Waals surface area contributed by atoms with Gasteiger partial charge in [0.2, 0.25) is 0 Å². The average molecular weight is 313 g/mol. The number of aliphatic hydroxyl groups is 1. The molecule has 0 radical (unpaired) electrons. The van der Waals surface area contributed by atoms with Gasteiger partial charge in [-0.05, 0) is 13.3 Å². The van der Waals surface area contributed by atoms with Crippen molar-refractivity contribution in [2.45, 2.75) is 44.8 Å². The summed E-state index contributed by atoms with van der Waals surface area (Å²) in [7, 11) is 1.56. The molecule has 2 rings (SSSR count). The van der Waals surface area contributed by atoms with Crippen LogP contribution in [0, 0.1) is 6.92 Å². The number of methoxy groups -OCH3 is 1. The Kier molecular flexibility index (Phi) is 5.52. The summed E-state index contributed by atoms with van der Waals surface area (Å²) in [6, 6.07) is 0. The standard InChI is InChI=1S/C14H23N3O5/c1-4-9-10(18)11(21-6-5-20-3)13(22-9)17-7-8(2)12(15)16-14(17)19/h7,9-11,13,18H,4-6H2,1-3H3,(H2,15,16,19)/t9-,10?,11+,13-/m1/s1. The molecular weight excluding hydrogens is 290 g/mol. The van der Waals surface area contributed by atoms with Crippen LogP contribution in [-0.2, 0) is 14.2 Å². The maximum absolute atomic E-state index is 12.1. The molecule has 1 fully saturated rings. The van der Waals surface area contributed by atoms with E-state index >= 15 is 0 Å². The van der Waals surface area contributed by atoms with Crippen molar-refractivity contribution in [1.82, 2.24) is 9.55 Å². The molecule has 0 saturated carbocycles. The molecule has 0 amide bonds. The lowest BCUT2D eigenvalue weighted by atomic mass is 10.1. The van der Waals surface area contributed by atoms with E-state index in [0.717, 1.165) is 0 Å². The summed E-state index contributed by atoms with van der Waals surface area (Å²) in [5, 5.41) is 10.3. The van der Waals surface area contributed by atoms with E-state index in [4.69, 9.17) is 19.9 Å². The molecule has 2 heterocycles. The Balaban J connectivity index is 2.29. The fourth-order valence-corrected chi connectivity index (χ4v) is 2.49. The van der Waals surface area contributed by atoms with Crippen molar-refractivity contribution in [2.24, 2.45) is 0 Å². The Morgan fingerprint density at radius 3 is 2.86 bits per heavy atom. The lowest BCUT2D eigenvalue weighted by Crippen LogP contribution is -2.38. The van der Waals surface area contributed by atoms with Gasteiger partial charge in [-0.25, -0.2) is 4.79 Å². The molecule has 8 heteroatoms. The van der Waals surface area contributed by atoms with Gasteiger partial charge in [0.15, 0.2) is 6.23 Å². The van der Waals surface area contributed by atoms with Crippen LogP contribution in [0.25, 0.3) is 0 Å². The maximum atomic E-state index is 12.1. The molecule has 22 heavy (non-hydrogen) atoms. The molecule has 0 aromatic carbocycles. The predicted molar refractivity (Wildman–Crippen MR) is 79.5 cm³/mol. The summed E-state index contributed by atoms with van der Waals surface area (Å²) in [5.74, 6) is 0.184. The normalized spacial score (nSPS) is 28.2. The fourth-order valence-electron chi connectivity index (χ4n) is 2.49. The van der Waals surface area contributed by atoms with Crippen molar-refractivity contribution >= 4 is 5.82 Å². The van der Waals surface area contributed by atoms with Crippen molar-refractivity contribution in [1.29, 1.82) is 0 Å². The molecule has 1 aromatic heterocycles. The monoisotopic (exact) mass is 313 g/mol. The molecule has 0 bridgehead atoms. The first-order valence-corrected chi connectivity index (χ1v) is 7.28. The second-order valence-corrected chi connectivity index (χ2v) is 5.29. The number of nitrogen functional groups attached to an aromatic ring is 1. The van der Waals surface area contributed by atoms with Gasteiger partial charge in [-0.1, -0.05) is 6.92 Å². The zero-order valence-corrected chi connectivity index (χ0v) is 13.1. The second-order valence-electron chi connectivity index (χ2n) is 5.29. The summed E-state index contributed by atoms with van der Waals surface area (Å²) in [5.41, 5.74) is 5.77. The number of aryl methyl sites for hydroxylation is 1. The third kappa shape index (κ3) is 3.30. The van der Waals surface area contributed by atoms with Gasteiger partial charge < -0.3 is 25.1 Å². The first-order valence-electron chi connectivity index (χ1n) is 7.28. The number of anilines is 1. The van der Waals surface area contributed by atoms with Crippen molar-refractivity contribution in [3.8, 4) is 0 Å². The highest BCUT2D eigenvalue weighted by molar-refractivity contribution is 5.35. The predicted octanol–water partition coefficient (Wildman–Crippen LogP) is -0.166. The Morgan fingerprint density at radius 2 is 2.23 bits per heavy atom. The van der Waals surface area contributed by atoms with Crippen LogP contribution in [0.15, 0.2) is 11.0 Å². The van der Waals surface area contributed by atoms with Gasteiger partial charge in [0, 0.05) is 18.9 Å². The highest BCUT2D eigenvalue weighted by Crippen LogP contribution is 2.32. The van der Waals surface area contributed by atoms with Crippen LogP contribution in [0.2, 0.25) is 0 Å². The Labute approximate surface area is 128 Å². The van der Waals surface area contributed by atoms with Crippen LogP contribution < -0.4 is 11.4 Å². The van der Waals surface area contributed by atoms with Crippen LogP contribution in [0.4, 0.5) is 5.82 Å². The third-order valence-corrected chi connectivity index (χ3v) is 3.76. The second kappa shape index (κ2) is 7.19. The molecule has 1 aromatic rings. The minimum absolute atomic E-state index is 0.184. The van der Waals surface area contributed by atoms with Crippen molar-refractivity contribution in [2.75, 3.05) is 26.1 Å². The lowest BCUT2D eigenvalue weighted by Gasteiger charge is -2.22. The number of aromatic nitrogens is 2. The van der Waals surface area contributed by atoms with E-state index < -0.39 is 30.2 Å². The number of nitrogens with zero attached hydrogens (tertiary/aromatic N) is 2. The van der Waals surface area contributed by atoms with Crippen molar-refractivity contribution in [3.63, 3.8) is 0 Å². The highest BCUT2D eigenvalue weighted by Gasteiger charge is 2.45. The Hall–Kier alpha value is -1.48. The van der Waals surface area contributed by atoms with Gasteiger partial charge in [-0.3, -0.25) is 4.57 Å². The zero-order chi connectivity index (χ0) is 16.3. The van der Waals surface area contributed by atoms with Gasteiger partial charge in [0.05, 0.1) is 19.3 Å². The van der Waals surface area contributed by atoms with Gasteiger partial charge in [0.1, 0.15) is 18.0 Å².